The minimum absolute atomic E-state index is 0.409. The van der Waals surface area contributed by atoms with E-state index in [4.69, 9.17) is 5.26 Å². The number of aryl methyl sites for hydroxylation is 1. The molecule has 1 aromatic carbocycles. The van der Waals surface area contributed by atoms with Crippen LogP contribution in [0.15, 0.2) is 30.5 Å². The summed E-state index contributed by atoms with van der Waals surface area (Å²) in [6.45, 7) is 2.37. The van der Waals surface area contributed by atoms with Crippen molar-refractivity contribution in [2.24, 2.45) is 13.0 Å². The number of hydrogen-bond acceptors (Lipinski definition) is 3. The number of Topliss-reactive ketones (excluding diaryl/α,β-unsaturated/α-hetero) is 1. The summed E-state index contributed by atoms with van der Waals surface area (Å²) < 4.78 is 1.89. The zero-order valence-corrected chi connectivity index (χ0v) is 12.1. The highest BCUT2D eigenvalue weighted by Gasteiger charge is 2.28. The lowest BCUT2D eigenvalue weighted by atomic mass is 9.95. The second kappa shape index (κ2) is 6.23. The van der Waals surface area contributed by atoms with Gasteiger partial charge in [0.05, 0.1) is 6.07 Å². The van der Waals surface area contributed by atoms with Gasteiger partial charge in [-0.05, 0) is 18.6 Å². The van der Waals surface area contributed by atoms with E-state index in [-0.39, 0.29) is 0 Å². The topological polar surface area (TPSA) is 74.9 Å². The Labute approximate surface area is 123 Å². The Kier molecular flexibility index (Phi) is 4.39. The van der Waals surface area contributed by atoms with E-state index in [1.807, 2.05) is 42.9 Å². The van der Waals surface area contributed by atoms with E-state index in [2.05, 4.69) is 5.32 Å². The van der Waals surface area contributed by atoms with Gasteiger partial charge in [-0.3, -0.25) is 9.59 Å². The Bertz CT molecular complexity index is 725. The molecule has 21 heavy (non-hydrogen) atoms. The Morgan fingerprint density at radius 1 is 1.38 bits per heavy atom. The SMILES string of the molecule is CCCNC(=O)[C@@H](C#N)C(=O)c1cccc2c1ccn2C. The maximum atomic E-state index is 12.5. The van der Waals surface area contributed by atoms with Crippen molar-refractivity contribution in [2.45, 2.75) is 13.3 Å². The first kappa shape index (κ1) is 14.8. The van der Waals surface area contributed by atoms with E-state index in [1.54, 1.807) is 12.1 Å². The smallest absolute Gasteiger partial charge is 0.245 e. The van der Waals surface area contributed by atoms with Crippen LogP contribution in [0, 0.1) is 17.2 Å². The molecule has 1 amide bonds. The maximum absolute atomic E-state index is 12.5. The van der Waals surface area contributed by atoms with Gasteiger partial charge in [-0.15, -0.1) is 0 Å². The van der Waals surface area contributed by atoms with Gasteiger partial charge in [-0.2, -0.15) is 5.26 Å². The number of nitrogens with one attached hydrogen (secondary N) is 1. The van der Waals surface area contributed by atoms with E-state index >= 15 is 0 Å². The number of carbonyl (C=O) groups is 2. The van der Waals surface area contributed by atoms with Crippen LogP contribution in [0.5, 0.6) is 0 Å². The first-order valence-corrected chi connectivity index (χ1v) is 6.85. The molecule has 5 heteroatoms. The lowest BCUT2D eigenvalue weighted by Crippen LogP contribution is -2.35. The number of carbonyl (C=O) groups excluding carboxylic acids is 2. The minimum atomic E-state index is -1.30. The molecule has 2 rings (SSSR count). The largest absolute Gasteiger partial charge is 0.355 e. The van der Waals surface area contributed by atoms with Gasteiger partial charge >= 0.3 is 0 Å². The molecule has 0 spiro atoms. The summed E-state index contributed by atoms with van der Waals surface area (Å²) in [5.74, 6) is -2.29. The van der Waals surface area contributed by atoms with Crippen LogP contribution < -0.4 is 5.32 Å². The van der Waals surface area contributed by atoms with Crippen LogP contribution >= 0.6 is 0 Å². The van der Waals surface area contributed by atoms with Crippen LogP contribution in [0.25, 0.3) is 10.9 Å². The maximum Gasteiger partial charge on any atom is 0.245 e. The van der Waals surface area contributed by atoms with Gasteiger partial charge in [0.15, 0.2) is 11.7 Å². The average molecular weight is 283 g/mol. The summed E-state index contributed by atoms with van der Waals surface area (Å²) in [4.78, 5) is 24.4. The van der Waals surface area contributed by atoms with Crippen molar-refractivity contribution in [3.05, 3.63) is 36.0 Å². The molecule has 0 aliphatic heterocycles. The standard InChI is InChI=1S/C16H17N3O2/c1-3-8-18-16(21)13(10-17)15(20)12-5-4-6-14-11(12)7-9-19(14)2/h4-7,9,13H,3,8H2,1-2H3,(H,18,21)/t13-/m0/s1. The lowest BCUT2D eigenvalue weighted by molar-refractivity contribution is -0.122. The van der Waals surface area contributed by atoms with Crippen LogP contribution in [-0.4, -0.2) is 22.8 Å². The number of amides is 1. The van der Waals surface area contributed by atoms with E-state index in [9.17, 15) is 9.59 Å². The average Bonchev–Trinajstić information content (AvgIpc) is 2.87. The van der Waals surface area contributed by atoms with Gasteiger partial charge in [0.1, 0.15) is 0 Å². The minimum Gasteiger partial charge on any atom is -0.355 e. The quantitative estimate of drug-likeness (QED) is 0.674. The molecule has 1 N–H and O–H groups in total. The summed E-state index contributed by atoms with van der Waals surface area (Å²) in [6, 6.07) is 8.94. The summed E-state index contributed by atoms with van der Waals surface area (Å²) in [5, 5.41) is 12.5. The van der Waals surface area contributed by atoms with Crippen molar-refractivity contribution >= 4 is 22.6 Å². The summed E-state index contributed by atoms with van der Waals surface area (Å²) >= 11 is 0. The van der Waals surface area contributed by atoms with Crippen molar-refractivity contribution in [1.82, 2.24) is 9.88 Å². The van der Waals surface area contributed by atoms with Crippen LogP contribution in [0.2, 0.25) is 0 Å². The molecule has 108 valence electrons. The number of ketones is 1. The molecule has 1 heterocycles. The van der Waals surface area contributed by atoms with Gasteiger partial charge < -0.3 is 9.88 Å². The Balaban J connectivity index is 2.37. The molecule has 0 aliphatic rings. The van der Waals surface area contributed by atoms with Gasteiger partial charge in [-0.1, -0.05) is 19.1 Å². The van der Waals surface area contributed by atoms with E-state index in [0.29, 0.717) is 12.1 Å². The number of benzene rings is 1. The fourth-order valence-corrected chi connectivity index (χ4v) is 2.26. The molecule has 2 aromatic rings. The highest BCUT2D eigenvalue weighted by atomic mass is 16.2. The van der Waals surface area contributed by atoms with Crippen molar-refractivity contribution in [2.75, 3.05) is 6.54 Å². The van der Waals surface area contributed by atoms with Crippen LogP contribution in [-0.2, 0) is 11.8 Å². The molecule has 1 aromatic heterocycles. The molecule has 0 saturated carbocycles. The van der Waals surface area contributed by atoms with Gasteiger partial charge in [0.2, 0.25) is 5.91 Å². The molecule has 0 radical (unpaired) electrons. The van der Waals surface area contributed by atoms with Gasteiger partial charge in [0, 0.05) is 36.3 Å². The number of nitrogens with zero attached hydrogens (tertiary/aromatic N) is 2. The number of nitriles is 1. The highest BCUT2D eigenvalue weighted by Crippen LogP contribution is 2.22. The second-order valence-electron chi connectivity index (χ2n) is 4.88. The molecule has 0 fully saturated rings. The predicted molar refractivity (Wildman–Crippen MR) is 79.7 cm³/mol. The molecule has 0 saturated heterocycles. The molecule has 0 aliphatic carbocycles. The third-order valence-electron chi connectivity index (χ3n) is 3.40. The Hall–Kier alpha value is -2.61. The van der Waals surface area contributed by atoms with Crippen LogP contribution in [0.1, 0.15) is 23.7 Å². The summed E-state index contributed by atoms with van der Waals surface area (Å²) in [6.07, 6.45) is 2.60. The molecule has 0 bridgehead atoms. The highest BCUT2D eigenvalue weighted by molar-refractivity contribution is 6.17. The van der Waals surface area contributed by atoms with Crippen molar-refractivity contribution in [1.29, 1.82) is 5.26 Å². The van der Waals surface area contributed by atoms with E-state index in [1.165, 1.54) is 0 Å². The lowest BCUT2D eigenvalue weighted by Gasteiger charge is -2.10. The van der Waals surface area contributed by atoms with Crippen molar-refractivity contribution in [3.8, 4) is 6.07 Å². The predicted octanol–water partition coefficient (Wildman–Crippen LogP) is 2.03. The van der Waals surface area contributed by atoms with Gasteiger partial charge in [-0.25, -0.2) is 0 Å². The number of rotatable bonds is 5. The number of fused-ring (bicyclic) bond motifs is 1. The van der Waals surface area contributed by atoms with Crippen LogP contribution in [0.3, 0.4) is 0 Å². The summed E-state index contributed by atoms with van der Waals surface area (Å²) in [5.41, 5.74) is 1.30. The molecule has 5 nitrogen and oxygen atoms in total. The third kappa shape index (κ3) is 2.79. The fourth-order valence-electron chi connectivity index (χ4n) is 2.26. The van der Waals surface area contributed by atoms with E-state index < -0.39 is 17.6 Å². The van der Waals surface area contributed by atoms with Crippen molar-refractivity contribution < 1.29 is 9.59 Å². The Morgan fingerprint density at radius 2 is 2.14 bits per heavy atom. The first-order valence-electron chi connectivity index (χ1n) is 6.85. The van der Waals surface area contributed by atoms with Gasteiger partial charge in [0.25, 0.3) is 0 Å². The van der Waals surface area contributed by atoms with Crippen molar-refractivity contribution in [3.63, 3.8) is 0 Å². The van der Waals surface area contributed by atoms with Crippen LogP contribution in [0.4, 0.5) is 0 Å². The third-order valence-corrected chi connectivity index (χ3v) is 3.40. The van der Waals surface area contributed by atoms with E-state index in [0.717, 1.165) is 17.3 Å². The second-order valence-corrected chi connectivity index (χ2v) is 4.88. The summed E-state index contributed by atoms with van der Waals surface area (Å²) in [7, 11) is 1.88. The first-order chi connectivity index (χ1) is 10.1. The fraction of sp³-hybridized carbons (Fsp3) is 0.312. The molecular formula is C16H17N3O2. The Morgan fingerprint density at radius 3 is 2.81 bits per heavy atom. The number of aromatic nitrogens is 1. The molecular weight excluding hydrogens is 266 g/mol. The normalized spacial score (nSPS) is 11.9. The number of hydrogen-bond donors (Lipinski definition) is 1. The monoisotopic (exact) mass is 283 g/mol. The molecule has 0 unspecified atom stereocenters. The molecule has 1 atom stereocenters. The zero-order valence-electron chi connectivity index (χ0n) is 12.1. The zero-order chi connectivity index (χ0) is 15.4.